The Balaban J connectivity index is 1.48. The molecule has 2 heterocycles. The van der Waals surface area contributed by atoms with E-state index in [2.05, 4.69) is 28.4 Å². The molecule has 3 aliphatic rings. The van der Waals surface area contributed by atoms with Crippen LogP contribution in [0.4, 0.5) is 0 Å². The number of rotatable bonds is 4. The Morgan fingerprint density at radius 2 is 1.81 bits per heavy atom. The van der Waals surface area contributed by atoms with Crippen molar-refractivity contribution < 1.29 is 9.59 Å². The normalized spacial score (nSPS) is 29.5. The molecule has 130 valence electrons. The van der Waals surface area contributed by atoms with Crippen molar-refractivity contribution in [3.8, 4) is 0 Å². The third-order valence-corrected chi connectivity index (χ3v) is 5.90. The molecule has 0 spiro atoms. The number of para-hydroxylation sites is 1. The zero-order valence-electron chi connectivity index (χ0n) is 14.3. The molecule has 2 aliphatic carbocycles. The second-order valence-electron chi connectivity index (χ2n) is 7.28. The van der Waals surface area contributed by atoms with Crippen LogP contribution in [0, 0.1) is 23.7 Å². The topological polar surface area (TPSA) is 54.7 Å². The van der Waals surface area contributed by atoms with Crippen molar-refractivity contribution in [2.75, 3.05) is 0 Å². The Kier molecular flexibility index (Phi) is 3.26. The minimum absolute atomic E-state index is 0.150. The van der Waals surface area contributed by atoms with Gasteiger partial charge in [-0.05, 0) is 24.3 Å². The van der Waals surface area contributed by atoms with Crippen LogP contribution < -0.4 is 0 Å². The second-order valence-corrected chi connectivity index (χ2v) is 7.28. The first kappa shape index (κ1) is 15.3. The number of nitrogens with zero attached hydrogens (tertiary/aromatic N) is 3. The van der Waals surface area contributed by atoms with E-state index in [-0.39, 0.29) is 35.5 Å². The van der Waals surface area contributed by atoms with Gasteiger partial charge in [0.05, 0.1) is 18.1 Å². The molecular formula is C21H19N3O2. The number of hydrogen-bond donors (Lipinski definition) is 0. The van der Waals surface area contributed by atoms with Gasteiger partial charge in [0.1, 0.15) is 0 Å². The van der Waals surface area contributed by atoms with Crippen molar-refractivity contribution in [3.63, 3.8) is 0 Å². The van der Waals surface area contributed by atoms with Crippen LogP contribution >= 0.6 is 0 Å². The average Bonchev–Trinajstić information content (AvgIpc) is 3.39. The zero-order valence-corrected chi connectivity index (χ0v) is 14.3. The Bertz CT molecular complexity index is 970. The lowest BCUT2D eigenvalue weighted by Crippen LogP contribution is -2.28. The molecule has 2 amide bonds. The van der Waals surface area contributed by atoms with E-state index in [0.29, 0.717) is 6.54 Å². The highest BCUT2D eigenvalue weighted by Crippen LogP contribution is 2.52. The van der Waals surface area contributed by atoms with Gasteiger partial charge in [-0.3, -0.25) is 9.59 Å². The number of allylic oxidation sites excluding steroid dienone is 3. The summed E-state index contributed by atoms with van der Waals surface area (Å²) in [6.45, 7) is 4.49. The fourth-order valence-electron chi connectivity index (χ4n) is 4.79. The molecule has 2 aromatic rings. The number of imide groups is 1. The maximum Gasteiger partial charge on any atom is 0.254 e. The van der Waals surface area contributed by atoms with E-state index >= 15 is 0 Å². The zero-order chi connectivity index (χ0) is 17.8. The number of carbonyl (C=O) groups excluding carboxylic acids is 2. The number of amides is 2. The minimum atomic E-state index is -0.211. The number of aromatic nitrogens is 1. The first-order chi connectivity index (χ1) is 12.7. The molecule has 1 aromatic heterocycles. The van der Waals surface area contributed by atoms with E-state index in [9.17, 15) is 9.59 Å². The highest BCUT2D eigenvalue weighted by atomic mass is 16.2. The molecule has 5 heteroatoms. The predicted octanol–water partition coefficient (Wildman–Crippen LogP) is 2.97. The molecule has 0 N–H and O–H groups in total. The lowest BCUT2D eigenvalue weighted by Gasteiger charge is -2.13. The lowest BCUT2D eigenvalue weighted by atomic mass is 9.85. The van der Waals surface area contributed by atoms with Gasteiger partial charge in [-0.15, -0.1) is 6.58 Å². The van der Waals surface area contributed by atoms with Crippen molar-refractivity contribution in [3.05, 3.63) is 60.8 Å². The van der Waals surface area contributed by atoms with E-state index in [1.54, 1.807) is 6.21 Å². The third-order valence-electron chi connectivity index (χ3n) is 5.90. The fourth-order valence-corrected chi connectivity index (χ4v) is 4.79. The summed E-state index contributed by atoms with van der Waals surface area (Å²) >= 11 is 0. The SMILES string of the molecule is C=CCn1cc(/C=N\N2C(=O)[C@@H]3[C@@H](C2=O)[C@H]2C=C[C@H]3C2)c2ccccc21. The monoisotopic (exact) mass is 345 g/mol. The molecule has 1 aliphatic heterocycles. The first-order valence-electron chi connectivity index (χ1n) is 8.98. The Labute approximate surface area is 151 Å². The van der Waals surface area contributed by atoms with Crippen LogP contribution in [0.1, 0.15) is 12.0 Å². The lowest BCUT2D eigenvalue weighted by molar-refractivity contribution is -0.140. The van der Waals surface area contributed by atoms with Crippen LogP contribution in [0.5, 0.6) is 0 Å². The maximum absolute atomic E-state index is 12.7. The molecule has 2 fully saturated rings. The fraction of sp³-hybridized carbons (Fsp3) is 0.286. The van der Waals surface area contributed by atoms with Gasteiger partial charge in [0.25, 0.3) is 11.8 Å². The molecule has 0 radical (unpaired) electrons. The van der Waals surface area contributed by atoms with Gasteiger partial charge < -0.3 is 4.57 Å². The van der Waals surface area contributed by atoms with Gasteiger partial charge in [-0.2, -0.15) is 10.1 Å². The van der Waals surface area contributed by atoms with Gasteiger partial charge in [0, 0.05) is 29.2 Å². The summed E-state index contributed by atoms with van der Waals surface area (Å²) in [5.74, 6) is -0.313. The highest BCUT2D eigenvalue weighted by molar-refractivity contribution is 6.07. The van der Waals surface area contributed by atoms with Gasteiger partial charge in [0.15, 0.2) is 0 Å². The summed E-state index contributed by atoms with van der Waals surface area (Å²) in [5, 5.41) is 6.44. The summed E-state index contributed by atoms with van der Waals surface area (Å²) in [7, 11) is 0. The van der Waals surface area contributed by atoms with Gasteiger partial charge in [-0.25, -0.2) is 0 Å². The molecule has 26 heavy (non-hydrogen) atoms. The van der Waals surface area contributed by atoms with Crippen LogP contribution in [-0.4, -0.2) is 27.6 Å². The van der Waals surface area contributed by atoms with Gasteiger partial charge >= 0.3 is 0 Å². The average molecular weight is 345 g/mol. The molecule has 1 aromatic carbocycles. The number of benzene rings is 1. The van der Waals surface area contributed by atoms with Crippen molar-refractivity contribution in [1.82, 2.24) is 9.58 Å². The molecular weight excluding hydrogens is 326 g/mol. The second kappa shape index (κ2) is 5.53. The highest BCUT2D eigenvalue weighted by Gasteiger charge is 2.59. The van der Waals surface area contributed by atoms with E-state index in [0.717, 1.165) is 27.9 Å². The number of hydrazone groups is 1. The molecule has 0 unspecified atom stereocenters. The molecule has 1 saturated heterocycles. The van der Waals surface area contributed by atoms with Crippen LogP contribution in [0.15, 0.2) is 60.4 Å². The van der Waals surface area contributed by atoms with Crippen molar-refractivity contribution in [1.29, 1.82) is 0 Å². The maximum atomic E-state index is 12.7. The van der Waals surface area contributed by atoms with Crippen LogP contribution in [-0.2, 0) is 16.1 Å². The van der Waals surface area contributed by atoms with Crippen LogP contribution in [0.25, 0.3) is 10.9 Å². The number of carbonyl (C=O) groups is 2. The molecule has 5 nitrogen and oxygen atoms in total. The van der Waals surface area contributed by atoms with Gasteiger partial charge in [-0.1, -0.05) is 36.4 Å². The van der Waals surface area contributed by atoms with E-state index in [1.807, 2.05) is 36.5 Å². The van der Waals surface area contributed by atoms with Crippen molar-refractivity contribution >= 4 is 28.9 Å². The molecule has 1 saturated carbocycles. The smallest absolute Gasteiger partial charge is 0.254 e. The van der Waals surface area contributed by atoms with E-state index in [4.69, 9.17) is 0 Å². The standard InChI is InChI=1S/C21H19N3O2/c1-2-9-23-12-15(16-5-3-4-6-17(16)23)11-22-24-20(25)18-13-7-8-14(10-13)19(18)21(24)26/h2-8,11-14,18-19H,1,9-10H2/b22-11-/t13-,14-,18-,19-/m0/s1. The largest absolute Gasteiger partial charge is 0.343 e. The van der Waals surface area contributed by atoms with E-state index < -0.39 is 0 Å². The minimum Gasteiger partial charge on any atom is -0.343 e. The third kappa shape index (κ3) is 2.00. The summed E-state index contributed by atoms with van der Waals surface area (Å²) in [6.07, 6.45) is 10.6. The summed E-state index contributed by atoms with van der Waals surface area (Å²) in [4.78, 5) is 25.4. The van der Waals surface area contributed by atoms with Crippen molar-refractivity contribution in [2.45, 2.75) is 13.0 Å². The molecule has 4 atom stereocenters. The van der Waals surface area contributed by atoms with Crippen molar-refractivity contribution in [2.24, 2.45) is 28.8 Å². The summed E-state index contributed by atoms with van der Waals surface area (Å²) in [5.41, 5.74) is 1.97. The van der Waals surface area contributed by atoms with Gasteiger partial charge in [0.2, 0.25) is 0 Å². The molecule has 5 rings (SSSR count). The quantitative estimate of drug-likeness (QED) is 0.486. The number of fused-ring (bicyclic) bond motifs is 6. The summed E-state index contributed by atoms with van der Waals surface area (Å²) in [6, 6.07) is 8.01. The Hall–Kier alpha value is -2.95. The van der Waals surface area contributed by atoms with Crippen LogP contribution in [0.2, 0.25) is 0 Å². The summed E-state index contributed by atoms with van der Waals surface area (Å²) < 4.78 is 2.08. The molecule has 2 bridgehead atoms. The number of hydrogen-bond acceptors (Lipinski definition) is 3. The first-order valence-corrected chi connectivity index (χ1v) is 8.98. The van der Waals surface area contributed by atoms with Crippen LogP contribution in [0.3, 0.4) is 0 Å². The predicted molar refractivity (Wildman–Crippen MR) is 99.3 cm³/mol. The Morgan fingerprint density at radius 1 is 1.12 bits per heavy atom. The van der Waals surface area contributed by atoms with E-state index in [1.165, 1.54) is 0 Å². The Morgan fingerprint density at radius 3 is 2.50 bits per heavy atom.